The van der Waals surface area contributed by atoms with E-state index in [0.717, 1.165) is 0 Å². The minimum Gasteiger partial charge on any atom is -0.480 e. The fourth-order valence-corrected chi connectivity index (χ4v) is 2.08. The lowest BCUT2D eigenvalue weighted by Crippen LogP contribution is -2.43. The number of carboxylic acids is 1. The van der Waals surface area contributed by atoms with Gasteiger partial charge in [0.2, 0.25) is 5.91 Å². The normalized spacial score (nSPS) is 15.7. The van der Waals surface area contributed by atoms with Gasteiger partial charge in [0.1, 0.15) is 11.3 Å². The van der Waals surface area contributed by atoms with E-state index in [9.17, 15) is 9.59 Å². The molecule has 0 unspecified atom stereocenters. The van der Waals surface area contributed by atoms with E-state index in [2.05, 4.69) is 10.3 Å². The Bertz CT molecular complexity index is 682. The number of nitrogens with one attached hydrogen (secondary N) is 1. The van der Waals surface area contributed by atoms with Gasteiger partial charge in [0.05, 0.1) is 18.4 Å². The maximum absolute atomic E-state index is 11.9. The fourth-order valence-electron chi connectivity index (χ4n) is 2.08. The Balaban J connectivity index is 1.71. The zero-order valence-corrected chi connectivity index (χ0v) is 11.4. The van der Waals surface area contributed by atoms with Crippen LogP contribution >= 0.6 is 0 Å². The molecule has 0 saturated heterocycles. The third kappa shape index (κ3) is 2.54. The zero-order valence-electron chi connectivity index (χ0n) is 11.4. The van der Waals surface area contributed by atoms with Gasteiger partial charge in [0, 0.05) is 0 Å². The monoisotopic (exact) mass is 290 g/mol. The second-order valence-electron chi connectivity index (χ2n) is 5.11. The van der Waals surface area contributed by atoms with Crippen LogP contribution < -0.4 is 5.32 Å². The summed E-state index contributed by atoms with van der Waals surface area (Å²) in [4.78, 5) is 27.2. The van der Waals surface area contributed by atoms with Crippen molar-refractivity contribution in [3.05, 3.63) is 29.9 Å². The molecule has 2 heterocycles. The van der Waals surface area contributed by atoms with Gasteiger partial charge in [-0.25, -0.2) is 9.78 Å². The summed E-state index contributed by atoms with van der Waals surface area (Å²) >= 11 is 0. The number of nitrogens with zero attached hydrogens (tertiary/aromatic N) is 1. The number of aromatic nitrogens is 1. The van der Waals surface area contributed by atoms with E-state index in [0.29, 0.717) is 35.9 Å². The average Bonchev–Trinajstić information content (AvgIpc) is 2.86. The summed E-state index contributed by atoms with van der Waals surface area (Å²) < 4.78 is 10.6. The number of carboxylic acid groups (broad SMARTS) is 1. The van der Waals surface area contributed by atoms with Crippen molar-refractivity contribution < 1.29 is 23.5 Å². The molecule has 1 aliphatic carbocycles. The van der Waals surface area contributed by atoms with Crippen LogP contribution in [0.5, 0.6) is 0 Å². The molecule has 1 saturated carbocycles. The third-order valence-corrected chi connectivity index (χ3v) is 3.49. The minimum atomic E-state index is -1.08. The minimum absolute atomic E-state index is 0.0227. The molecule has 2 aromatic heterocycles. The Morgan fingerprint density at radius 1 is 1.48 bits per heavy atom. The smallest absolute Gasteiger partial charge is 0.329 e. The van der Waals surface area contributed by atoms with Crippen LogP contribution in [0.15, 0.2) is 27.2 Å². The summed E-state index contributed by atoms with van der Waals surface area (Å²) in [6.45, 7) is 1.70. The molecular weight excluding hydrogens is 276 g/mol. The first kappa shape index (κ1) is 13.4. The van der Waals surface area contributed by atoms with E-state index >= 15 is 0 Å². The molecule has 7 heteroatoms. The first-order valence-corrected chi connectivity index (χ1v) is 6.55. The predicted octanol–water partition coefficient (Wildman–Crippen LogP) is 1.52. The predicted molar refractivity (Wildman–Crippen MR) is 70.4 cm³/mol. The van der Waals surface area contributed by atoms with Gasteiger partial charge in [-0.05, 0) is 31.9 Å². The van der Waals surface area contributed by atoms with Crippen molar-refractivity contribution in [2.45, 2.75) is 31.7 Å². The van der Waals surface area contributed by atoms with Gasteiger partial charge in [-0.3, -0.25) is 4.79 Å². The molecule has 1 amide bonds. The van der Waals surface area contributed by atoms with Crippen molar-refractivity contribution in [1.82, 2.24) is 10.3 Å². The molecule has 2 aromatic rings. The van der Waals surface area contributed by atoms with E-state index in [1.807, 2.05) is 0 Å². The van der Waals surface area contributed by atoms with Crippen LogP contribution in [0.4, 0.5) is 0 Å². The van der Waals surface area contributed by atoms with Gasteiger partial charge >= 0.3 is 5.97 Å². The molecule has 1 aliphatic rings. The summed E-state index contributed by atoms with van der Waals surface area (Å²) in [7, 11) is 0. The highest BCUT2D eigenvalue weighted by Crippen LogP contribution is 2.35. The van der Waals surface area contributed by atoms with Crippen LogP contribution in [0.25, 0.3) is 11.7 Å². The third-order valence-electron chi connectivity index (χ3n) is 3.49. The SMILES string of the molecule is Cc1oc(-c2ccco2)nc1CC(=O)NC1(C(=O)O)CC1. The number of hydrogen-bond donors (Lipinski definition) is 2. The van der Waals surface area contributed by atoms with Crippen LogP contribution in [0, 0.1) is 6.92 Å². The van der Waals surface area contributed by atoms with E-state index < -0.39 is 11.5 Å². The second kappa shape index (κ2) is 4.76. The highest BCUT2D eigenvalue weighted by atomic mass is 16.4. The second-order valence-corrected chi connectivity index (χ2v) is 5.11. The number of aryl methyl sites for hydroxylation is 1. The fraction of sp³-hybridized carbons (Fsp3) is 0.357. The number of hydrogen-bond acceptors (Lipinski definition) is 5. The molecule has 0 spiro atoms. The Hall–Kier alpha value is -2.57. The lowest BCUT2D eigenvalue weighted by Gasteiger charge is -2.11. The van der Waals surface area contributed by atoms with Gasteiger partial charge in [0.15, 0.2) is 5.76 Å². The van der Waals surface area contributed by atoms with Gasteiger partial charge in [0.25, 0.3) is 5.89 Å². The van der Waals surface area contributed by atoms with Crippen LogP contribution in [0.1, 0.15) is 24.3 Å². The van der Waals surface area contributed by atoms with Crippen LogP contribution in [-0.2, 0) is 16.0 Å². The topological polar surface area (TPSA) is 106 Å². The maximum Gasteiger partial charge on any atom is 0.329 e. The number of amides is 1. The Kier molecular flexibility index (Phi) is 3.04. The highest BCUT2D eigenvalue weighted by Gasteiger charge is 2.51. The molecule has 0 atom stereocenters. The number of aliphatic carboxylic acids is 1. The zero-order chi connectivity index (χ0) is 15.0. The maximum atomic E-state index is 11.9. The molecule has 1 fully saturated rings. The molecule has 0 aliphatic heterocycles. The molecule has 110 valence electrons. The highest BCUT2D eigenvalue weighted by molar-refractivity contribution is 5.90. The number of oxazole rings is 1. The summed E-state index contributed by atoms with van der Waals surface area (Å²) in [5, 5.41) is 11.6. The van der Waals surface area contributed by atoms with Gasteiger partial charge < -0.3 is 19.3 Å². The van der Waals surface area contributed by atoms with Crippen LogP contribution in [0.3, 0.4) is 0 Å². The van der Waals surface area contributed by atoms with Gasteiger partial charge in [-0.1, -0.05) is 0 Å². The van der Waals surface area contributed by atoms with Crippen LogP contribution in [0.2, 0.25) is 0 Å². The van der Waals surface area contributed by atoms with E-state index in [4.69, 9.17) is 13.9 Å². The first-order valence-electron chi connectivity index (χ1n) is 6.55. The Morgan fingerprint density at radius 2 is 2.24 bits per heavy atom. The summed E-state index contributed by atoms with van der Waals surface area (Å²) in [5.41, 5.74) is -0.612. The molecule has 21 heavy (non-hydrogen) atoms. The molecule has 7 nitrogen and oxygen atoms in total. The Morgan fingerprint density at radius 3 is 2.81 bits per heavy atom. The van der Waals surface area contributed by atoms with Crippen molar-refractivity contribution in [1.29, 1.82) is 0 Å². The molecule has 0 bridgehead atoms. The van der Waals surface area contributed by atoms with Gasteiger partial charge in [-0.15, -0.1) is 0 Å². The largest absolute Gasteiger partial charge is 0.480 e. The van der Waals surface area contributed by atoms with E-state index in [1.165, 1.54) is 6.26 Å². The number of rotatable bonds is 5. The number of furan rings is 1. The first-order chi connectivity index (χ1) is 10.00. The molecule has 2 N–H and O–H groups in total. The molecular formula is C14H14N2O5. The molecule has 3 rings (SSSR count). The average molecular weight is 290 g/mol. The van der Waals surface area contributed by atoms with Crippen molar-refractivity contribution in [3.8, 4) is 11.7 Å². The number of carbonyl (C=O) groups is 2. The number of carbonyl (C=O) groups excluding carboxylic acids is 1. The van der Waals surface area contributed by atoms with Crippen molar-refractivity contribution in [3.63, 3.8) is 0 Å². The lowest BCUT2D eigenvalue weighted by molar-refractivity contribution is -0.143. The standard InChI is InChI=1S/C14H14N2O5/c1-8-9(15-12(21-8)10-3-2-6-20-10)7-11(17)16-14(4-5-14)13(18)19/h2-3,6H,4-5,7H2,1H3,(H,16,17)(H,18,19). The molecule has 0 aromatic carbocycles. The van der Waals surface area contributed by atoms with E-state index in [1.54, 1.807) is 19.1 Å². The van der Waals surface area contributed by atoms with Crippen molar-refractivity contribution in [2.75, 3.05) is 0 Å². The quantitative estimate of drug-likeness (QED) is 0.864. The Labute approximate surface area is 120 Å². The summed E-state index contributed by atoms with van der Waals surface area (Å²) in [5.74, 6) is -0.0772. The van der Waals surface area contributed by atoms with Crippen LogP contribution in [-0.4, -0.2) is 27.5 Å². The lowest BCUT2D eigenvalue weighted by atomic mass is 10.2. The van der Waals surface area contributed by atoms with Gasteiger partial charge in [-0.2, -0.15) is 0 Å². The van der Waals surface area contributed by atoms with Crippen molar-refractivity contribution in [2.24, 2.45) is 0 Å². The molecule has 0 radical (unpaired) electrons. The summed E-state index contributed by atoms with van der Waals surface area (Å²) in [6, 6.07) is 3.42. The van der Waals surface area contributed by atoms with E-state index in [-0.39, 0.29) is 12.3 Å². The summed E-state index contributed by atoms with van der Waals surface area (Å²) in [6.07, 6.45) is 2.41. The van der Waals surface area contributed by atoms with Crippen molar-refractivity contribution >= 4 is 11.9 Å².